The third kappa shape index (κ3) is 1.88. The Morgan fingerprint density at radius 2 is 2.13 bits per heavy atom. The van der Waals surface area contributed by atoms with E-state index in [-0.39, 0.29) is 6.10 Å². The van der Waals surface area contributed by atoms with Crippen LogP contribution in [-0.2, 0) is 9.53 Å². The first-order valence-corrected chi connectivity index (χ1v) is 5.18. The van der Waals surface area contributed by atoms with E-state index in [1.54, 1.807) is 0 Å². The van der Waals surface area contributed by atoms with Crippen molar-refractivity contribution in [2.75, 3.05) is 5.32 Å². The zero-order valence-corrected chi connectivity index (χ0v) is 8.94. The van der Waals surface area contributed by atoms with Gasteiger partial charge in [-0.25, -0.2) is 0 Å². The number of anilines is 1. The summed E-state index contributed by atoms with van der Waals surface area (Å²) in [7, 11) is 0. The normalized spacial score (nSPS) is 24.5. The van der Waals surface area contributed by atoms with E-state index >= 15 is 0 Å². The maximum Gasteiger partial charge on any atom is 0.185 e. The first-order valence-electron chi connectivity index (χ1n) is 5.18. The van der Waals surface area contributed by atoms with Gasteiger partial charge in [-0.05, 0) is 12.0 Å². The molecular weight excluding hydrogens is 190 g/mol. The highest BCUT2D eigenvalue weighted by Crippen LogP contribution is 2.35. The molecule has 1 N–H and O–H groups in total. The van der Waals surface area contributed by atoms with E-state index in [1.807, 2.05) is 24.3 Å². The van der Waals surface area contributed by atoms with E-state index < -0.39 is 6.23 Å². The molecule has 1 aromatic carbocycles. The molecule has 1 aliphatic heterocycles. The molecule has 1 aliphatic rings. The van der Waals surface area contributed by atoms with Crippen LogP contribution in [0.2, 0.25) is 0 Å². The molecule has 0 bridgehead atoms. The summed E-state index contributed by atoms with van der Waals surface area (Å²) in [6, 6.07) is 7.95. The van der Waals surface area contributed by atoms with Crippen molar-refractivity contribution in [2.24, 2.45) is 5.92 Å². The van der Waals surface area contributed by atoms with E-state index in [4.69, 9.17) is 4.74 Å². The Morgan fingerprint density at radius 1 is 1.40 bits per heavy atom. The quantitative estimate of drug-likeness (QED) is 0.753. The molecule has 0 aliphatic carbocycles. The molecule has 3 nitrogen and oxygen atoms in total. The number of nitrogens with one attached hydrogen (secondary N) is 1. The molecule has 0 saturated heterocycles. The lowest BCUT2D eigenvalue weighted by Crippen LogP contribution is -2.33. The van der Waals surface area contributed by atoms with Crippen molar-refractivity contribution in [2.45, 2.75) is 26.2 Å². The molecule has 1 heterocycles. The molecule has 15 heavy (non-hydrogen) atoms. The number of para-hydroxylation sites is 1. The number of hydrogen-bond donors (Lipinski definition) is 1. The molecule has 2 atom stereocenters. The summed E-state index contributed by atoms with van der Waals surface area (Å²) in [5, 5.41) is 3.04. The number of ether oxygens (including phenoxy) is 1. The van der Waals surface area contributed by atoms with Crippen molar-refractivity contribution in [1.29, 1.82) is 0 Å². The third-order valence-electron chi connectivity index (χ3n) is 2.59. The number of hydrogen-bond acceptors (Lipinski definition) is 3. The minimum absolute atomic E-state index is 0.00218. The van der Waals surface area contributed by atoms with E-state index in [9.17, 15) is 4.79 Å². The van der Waals surface area contributed by atoms with Gasteiger partial charge in [-0.15, -0.1) is 0 Å². The van der Waals surface area contributed by atoms with Crippen LogP contribution in [0.1, 0.15) is 25.5 Å². The minimum Gasteiger partial charge on any atom is -0.354 e. The highest BCUT2D eigenvalue weighted by atomic mass is 16.5. The number of aldehydes is 1. The Balaban J connectivity index is 2.38. The number of carbonyl (C=O) groups is 1. The molecule has 2 rings (SSSR count). The minimum atomic E-state index is -0.521. The smallest absolute Gasteiger partial charge is 0.185 e. The van der Waals surface area contributed by atoms with Gasteiger partial charge < -0.3 is 10.1 Å². The first kappa shape index (κ1) is 10.2. The first-order chi connectivity index (χ1) is 7.22. The van der Waals surface area contributed by atoms with Gasteiger partial charge in [-0.3, -0.25) is 4.79 Å². The van der Waals surface area contributed by atoms with E-state index in [2.05, 4.69) is 19.2 Å². The SMILES string of the molecule is CC(C)C1OC(C=O)Nc2ccccc21. The largest absolute Gasteiger partial charge is 0.354 e. The average Bonchev–Trinajstić information content (AvgIpc) is 2.27. The molecule has 0 radical (unpaired) electrons. The van der Waals surface area contributed by atoms with Gasteiger partial charge in [-0.2, -0.15) is 0 Å². The summed E-state index contributed by atoms with van der Waals surface area (Å²) in [6.45, 7) is 4.18. The molecule has 0 aromatic heterocycles. The van der Waals surface area contributed by atoms with Crippen molar-refractivity contribution in [3.8, 4) is 0 Å². The van der Waals surface area contributed by atoms with E-state index in [0.29, 0.717) is 5.92 Å². The van der Waals surface area contributed by atoms with Crippen molar-refractivity contribution >= 4 is 12.0 Å². The monoisotopic (exact) mass is 205 g/mol. The lowest BCUT2D eigenvalue weighted by Gasteiger charge is -2.33. The second-order valence-corrected chi connectivity index (χ2v) is 4.09. The molecule has 0 saturated carbocycles. The molecule has 80 valence electrons. The summed E-state index contributed by atoms with van der Waals surface area (Å²) in [5.41, 5.74) is 2.13. The van der Waals surface area contributed by atoms with E-state index in [1.165, 1.54) is 0 Å². The predicted molar refractivity (Wildman–Crippen MR) is 58.6 cm³/mol. The maximum atomic E-state index is 10.8. The van der Waals surface area contributed by atoms with Crippen molar-refractivity contribution in [3.05, 3.63) is 29.8 Å². The molecule has 2 unspecified atom stereocenters. The number of fused-ring (bicyclic) bond motifs is 1. The molecule has 1 aromatic rings. The number of carbonyl (C=O) groups excluding carboxylic acids is 1. The Hall–Kier alpha value is -1.35. The maximum absolute atomic E-state index is 10.8. The van der Waals surface area contributed by atoms with Crippen LogP contribution in [0.15, 0.2) is 24.3 Å². The fourth-order valence-electron chi connectivity index (χ4n) is 1.88. The topological polar surface area (TPSA) is 38.3 Å². The summed E-state index contributed by atoms with van der Waals surface area (Å²) in [5.74, 6) is 0.357. The average molecular weight is 205 g/mol. The summed E-state index contributed by atoms with van der Waals surface area (Å²) in [4.78, 5) is 10.8. The van der Waals surface area contributed by atoms with Crippen molar-refractivity contribution < 1.29 is 9.53 Å². The highest BCUT2D eigenvalue weighted by molar-refractivity contribution is 5.66. The van der Waals surface area contributed by atoms with Gasteiger partial charge in [0.2, 0.25) is 0 Å². The van der Waals surface area contributed by atoms with Crippen molar-refractivity contribution in [1.82, 2.24) is 0 Å². The van der Waals surface area contributed by atoms with Gasteiger partial charge in [0.15, 0.2) is 12.5 Å². The lowest BCUT2D eigenvalue weighted by atomic mass is 9.96. The standard InChI is InChI=1S/C12H15NO2/c1-8(2)12-9-5-3-4-6-10(9)13-11(7-14)15-12/h3-8,11-13H,1-2H3. The van der Waals surface area contributed by atoms with E-state index in [0.717, 1.165) is 17.5 Å². The fraction of sp³-hybridized carbons (Fsp3) is 0.417. The van der Waals surface area contributed by atoms with Gasteiger partial charge in [0.05, 0.1) is 6.10 Å². The summed E-state index contributed by atoms with van der Waals surface area (Å²) in [6.07, 6.45) is 0.274. The Labute approximate surface area is 89.4 Å². The van der Waals surface area contributed by atoms with Crippen LogP contribution < -0.4 is 5.32 Å². The number of benzene rings is 1. The third-order valence-corrected chi connectivity index (χ3v) is 2.59. The Bertz CT molecular complexity index is 362. The van der Waals surface area contributed by atoms with Crippen LogP contribution in [0, 0.1) is 5.92 Å². The van der Waals surface area contributed by atoms with Crippen LogP contribution in [0.5, 0.6) is 0 Å². The fourth-order valence-corrected chi connectivity index (χ4v) is 1.88. The summed E-state index contributed by atoms with van der Waals surface area (Å²) < 4.78 is 5.64. The van der Waals surface area contributed by atoms with Gasteiger partial charge >= 0.3 is 0 Å². The van der Waals surface area contributed by atoms with Gasteiger partial charge in [-0.1, -0.05) is 32.0 Å². The lowest BCUT2D eigenvalue weighted by molar-refractivity contribution is -0.122. The Kier molecular flexibility index (Phi) is 2.73. The zero-order chi connectivity index (χ0) is 10.8. The second-order valence-electron chi connectivity index (χ2n) is 4.09. The van der Waals surface area contributed by atoms with Gasteiger partial charge in [0, 0.05) is 11.3 Å². The van der Waals surface area contributed by atoms with Crippen LogP contribution in [-0.4, -0.2) is 12.5 Å². The second kappa shape index (κ2) is 4.03. The molecule has 0 amide bonds. The highest BCUT2D eigenvalue weighted by Gasteiger charge is 2.28. The van der Waals surface area contributed by atoms with Crippen LogP contribution >= 0.6 is 0 Å². The molecular formula is C12H15NO2. The van der Waals surface area contributed by atoms with Gasteiger partial charge in [0.25, 0.3) is 0 Å². The summed E-state index contributed by atoms with van der Waals surface area (Å²) >= 11 is 0. The molecule has 3 heteroatoms. The number of rotatable bonds is 2. The van der Waals surface area contributed by atoms with Crippen LogP contribution in [0.25, 0.3) is 0 Å². The molecule has 0 fully saturated rings. The van der Waals surface area contributed by atoms with Gasteiger partial charge in [0.1, 0.15) is 0 Å². The Morgan fingerprint density at radius 3 is 2.80 bits per heavy atom. The van der Waals surface area contributed by atoms with Crippen LogP contribution in [0.3, 0.4) is 0 Å². The molecule has 0 spiro atoms. The van der Waals surface area contributed by atoms with Crippen LogP contribution in [0.4, 0.5) is 5.69 Å². The van der Waals surface area contributed by atoms with Crippen molar-refractivity contribution in [3.63, 3.8) is 0 Å². The predicted octanol–water partition coefficient (Wildman–Crippen LogP) is 2.35. The zero-order valence-electron chi connectivity index (χ0n) is 8.94.